The number of esters is 1. The normalized spacial score (nSPS) is 20.9. The van der Waals surface area contributed by atoms with Gasteiger partial charge in [-0.15, -0.1) is 0 Å². The van der Waals surface area contributed by atoms with E-state index in [1.807, 2.05) is 20.8 Å². The Bertz CT molecular complexity index is 464. The molecule has 1 aromatic rings. The molecule has 20 heavy (non-hydrogen) atoms. The van der Waals surface area contributed by atoms with Crippen molar-refractivity contribution in [3.05, 3.63) is 11.7 Å². The number of carbonyl (C=O) groups is 1. The van der Waals surface area contributed by atoms with Crippen LogP contribution < -0.4 is 0 Å². The summed E-state index contributed by atoms with van der Waals surface area (Å²) in [5, 5.41) is 4.01. The second-order valence-corrected chi connectivity index (χ2v) is 6.27. The van der Waals surface area contributed by atoms with E-state index in [1.54, 1.807) is 0 Å². The lowest BCUT2D eigenvalue weighted by molar-refractivity contribution is -0.148. The summed E-state index contributed by atoms with van der Waals surface area (Å²) in [5.41, 5.74) is -0.134. The first-order chi connectivity index (χ1) is 9.41. The summed E-state index contributed by atoms with van der Waals surface area (Å²) in [6.45, 7) is 7.48. The van der Waals surface area contributed by atoms with E-state index >= 15 is 0 Å². The van der Waals surface area contributed by atoms with Crippen LogP contribution in [-0.4, -0.2) is 40.7 Å². The van der Waals surface area contributed by atoms with Gasteiger partial charge >= 0.3 is 5.97 Å². The highest BCUT2D eigenvalue weighted by molar-refractivity contribution is 5.75. The molecule has 2 rings (SSSR count). The first-order valence-electron chi connectivity index (χ1n) is 7.07. The van der Waals surface area contributed by atoms with Gasteiger partial charge in [0.2, 0.25) is 5.89 Å². The second kappa shape index (κ2) is 5.91. The molecule has 1 aliphatic heterocycles. The number of aromatic nitrogens is 2. The summed E-state index contributed by atoms with van der Waals surface area (Å²) in [5.74, 6) is 1.07. The van der Waals surface area contributed by atoms with Gasteiger partial charge in [0.05, 0.1) is 13.7 Å². The molecule has 0 N–H and O–H groups in total. The smallest absolute Gasteiger partial charge is 0.323 e. The summed E-state index contributed by atoms with van der Waals surface area (Å²) >= 11 is 0. The van der Waals surface area contributed by atoms with Gasteiger partial charge in [0, 0.05) is 5.41 Å². The Labute approximate surface area is 119 Å². The minimum atomic E-state index is -0.196. The fourth-order valence-electron chi connectivity index (χ4n) is 2.38. The SMILES string of the molecule is COC(=O)C1CCCCN1Cc1nc(C(C)(C)C)no1. The van der Waals surface area contributed by atoms with Crippen LogP contribution in [0.15, 0.2) is 4.52 Å². The summed E-state index contributed by atoms with van der Waals surface area (Å²) in [6.07, 6.45) is 2.95. The minimum Gasteiger partial charge on any atom is -0.468 e. The molecular weight excluding hydrogens is 258 g/mol. The van der Waals surface area contributed by atoms with E-state index in [9.17, 15) is 4.79 Å². The molecule has 1 aromatic heterocycles. The fourth-order valence-corrected chi connectivity index (χ4v) is 2.38. The summed E-state index contributed by atoms with van der Waals surface area (Å²) in [4.78, 5) is 18.3. The number of likely N-dealkylation sites (tertiary alicyclic amines) is 1. The van der Waals surface area contributed by atoms with Crippen molar-refractivity contribution in [1.29, 1.82) is 0 Å². The highest BCUT2D eigenvalue weighted by Crippen LogP contribution is 2.22. The van der Waals surface area contributed by atoms with Crippen molar-refractivity contribution in [3.63, 3.8) is 0 Å². The van der Waals surface area contributed by atoms with Gasteiger partial charge in [0.25, 0.3) is 0 Å². The molecule has 0 spiro atoms. The predicted octanol–water partition coefficient (Wildman–Crippen LogP) is 1.89. The van der Waals surface area contributed by atoms with Crippen LogP contribution >= 0.6 is 0 Å². The maximum Gasteiger partial charge on any atom is 0.323 e. The van der Waals surface area contributed by atoms with Gasteiger partial charge < -0.3 is 9.26 Å². The van der Waals surface area contributed by atoms with Gasteiger partial charge in [0.15, 0.2) is 5.82 Å². The molecule has 6 nitrogen and oxygen atoms in total. The molecule has 0 amide bonds. The Kier molecular flexibility index (Phi) is 4.42. The van der Waals surface area contributed by atoms with Crippen molar-refractivity contribution in [2.24, 2.45) is 0 Å². The highest BCUT2D eigenvalue weighted by atomic mass is 16.5. The minimum absolute atomic E-state index is 0.134. The molecule has 1 fully saturated rings. The second-order valence-electron chi connectivity index (χ2n) is 6.27. The van der Waals surface area contributed by atoms with E-state index in [4.69, 9.17) is 9.26 Å². The van der Waals surface area contributed by atoms with Crippen molar-refractivity contribution >= 4 is 5.97 Å². The Morgan fingerprint density at radius 3 is 2.80 bits per heavy atom. The number of hydrogen-bond donors (Lipinski definition) is 0. The number of ether oxygens (including phenoxy) is 1. The highest BCUT2D eigenvalue weighted by Gasteiger charge is 2.31. The van der Waals surface area contributed by atoms with E-state index in [0.29, 0.717) is 18.3 Å². The van der Waals surface area contributed by atoms with Crippen molar-refractivity contribution in [3.8, 4) is 0 Å². The molecule has 0 saturated carbocycles. The maximum atomic E-state index is 11.8. The van der Waals surface area contributed by atoms with Crippen molar-refractivity contribution in [2.75, 3.05) is 13.7 Å². The zero-order valence-corrected chi connectivity index (χ0v) is 12.7. The van der Waals surface area contributed by atoms with Crippen LogP contribution in [0.3, 0.4) is 0 Å². The summed E-state index contributed by atoms with van der Waals surface area (Å²) in [6, 6.07) is -0.196. The number of piperidine rings is 1. The van der Waals surface area contributed by atoms with E-state index in [-0.39, 0.29) is 17.4 Å². The van der Waals surface area contributed by atoms with Crippen LogP contribution in [0.5, 0.6) is 0 Å². The first-order valence-corrected chi connectivity index (χ1v) is 7.07. The van der Waals surface area contributed by atoms with Crippen molar-refractivity contribution < 1.29 is 14.1 Å². The molecule has 0 aromatic carbocycles. The van der Waals surface area contributed by atoms with E-state index < -0.39 is 0 Å². The van der Waals surface area contributed by atoms with Gasteiger partial charge in [-0.05, 0) is 19.4 Å². The zero-order valence-electron chi connectivity index (χ0n) is 12.7. The van der Waals surface area contributed by atoms with Crippen molar-refractivity contribution in [1.82, 2.24) is 15.0 Å². The lowest BCUT2D eigenvalue weighted by Crippen LogP contribution is -2.44. The zero-order chi connectivity index (χ0) is 14.8. The van der Waals surface area contributed by atoms with Gasteiger partial charge in [0.1, 0.15) is 6.04 Å². The van der Waals surface area contributed by atoms with E-state index in [2.05, 4.69) is 15.0 Å². The Morgan fingerprint density at radius 2 is 2.20 bits per heavy atom. The molecular formula is C14H23N3O3. The molecule has 0 aliphatic carbocycles. The van der Waals surface area contributed by atoms with Crippen LogP contribution in [0, 0.1) is 0 Å². The summed E-state index contributed by atoms with van der Waals surface area (Å²) in [7, 11) is 1.43. The molecule has 1 saturated heterocycles. The number of carbonyl (C=O) groups excluding carboxylic acids is 1. The first kappa shape index (κ1) is 15.0. The maximum absolute atomic E-state index is 11.8. The van der Waals surface area contributed by atoms with Crippen LogP contribution in [0.25, 0.3) is 0 Å². The van der Waals surface area contributed by atoms with Gasteiger partial charge in [-0.3, -0.25) is 9.69 Å². The van der Waals surface area contributed by atoms with Gasteiger partial charge in [-0.1, -0.05) is 32.3 Å². The van der Waals surface area contributed by atoms with Crippen LogP contribution in [-0.2, 0) is 21.5 Å². The largest absolute Gasteiger partial charge is 0.468 e. The lowest BCUT2D eigenvalue weighted by Gasteiger charge is -2.32. The van der Waals surface area contributed by atoms with E-state index in [1.165, 1.54) is 7.11 Å². The quantitative estimate of drug-likeness (QED) is 0.788. The van der Waals surface area contributed by atoms with Gasteiger partial charge in [-0.25, -0.2) is 0 Å². The third-order valence-corrected chi connectivity index (χ3v) is 3.56. The Hall–Kier alpha value is -1.43. The molecule has 1 unspecified atom stereocenters. The predicted molar refractivity (Wildman–Crippen MR) is 73.1 cm³/mol. The molecule has 0 bridgehead atoms. The average Bonchev–Trinajstić information content (AvgIpc) is 2.87. The Balaban J connectivity index is 2.07. The monoisotopic (exact) mass is 281 g/mol. The van der Waals surface area contributed by atoms with Crippen LogP contribution in [0.2, 0.25) is 0 Å². The number of nitrogens with zero attached hydrogens (tertiary/aromatic N) is 3. The van der Waals surface area contributed by atoms with Crippen molar-refractivity contribution in [2.45, 2.75) is 58.0 Å². The topological polar surface area (TPSA) is 68.5 Å². The molecule has 112 valence electrons. The molecule has 0 radical (unpaired) electrons. The third kappa shape index (κ3) is 3.36. The van der Waals surface area contributed by atoms with E-state index in [0.717, 1.165) is 25.8 Å². The average molecular weight is 281 g/mol. The van der Waals surface area contributed by atoms with Crippen LogP contribution in [0.4, 0.5) is 0 Å². The van der Waals surface area contributed by atoms with Gasteiger partial charge in [-0.2, -0.15) is 4.98 Å². The number of rotatable bonds is 3. The number of methoxy groups -OCH3 is 1. The standard InChI is InChI=1S/C14H23N3O3/c1-14(2,3)13-15-11(20-16-13)9-17-8-6-5-7-10(17)12(18)19-4/h10H,5-9H2,1-4H3. The molecule has 6 heteroatoms. The summed E-state index contributed by atoms with van der Waals surface area (Å²) < 4.78 is 10.2. The third-order valence-electron chi connectivity index (χ3n) is 3.56. The lowest BCUT2D eigenvalue weighted by atomic mass is 9.96. The molecule has 2 heterocycles. The Morgan fingerprint density at radius 1 is 1.45 bits per heavy atom. The fraction of sp³-hybridized carbons (Fsp3) is 0.786. The molecule has 1 aliphatic rings. The number of hydrogen-bond acceptors (Lipinski definition) is 6. The van der Waals surface area contributed by atoms with Crippen LogP contribution in [0.1, 0.15) is 51.7 Å². The molecule has 1 atom stereocenters.